The number of hydrogen-bond donors (Lipinski definition) is 1. The minimum Gasteiger partial charge on any atom is -0.463 e. The van der Waals surface area contributed by atoms with E-state index >= 15 is 0 Å². The number of nitrogen functional groups attached to an aromatic ring is 1. The zero-order valence-electron chi connectivity index (χ0n) is 16.7. The molecule has 1 aliphatic rings. The standard InChI is InChI=1S/C17H21N5O7S/c1-7(23)26-5-10-12(27-8(2)24)13(28-9(3)25)16(29-10)22-6-19-11-14(22)20-17(18)21-15(11)30-4/h6,10,12-13,16H,5H2,1-4H3,(H2,18,20,21)/t10-,12-,13-,16-/m1/s1. The fourth-order valence-corrected chi connectivity index (χ4v) is 3.67. The van der Waals surface area contributed by atoms with E-state index in [2.05, 4.69) is 15.0 Å². The van der Waals surface area contributed by atoms with Gasteiger partial charge in [0.25, 0.3) is 0 Å². The van der Waals surface area contributed by atoms with E-state index in [1.54, 1.807) is 0 Å². The number of rotatable bonds is 6. The number of ether oxygens (including phenoxy) is 4. The predicted molar refractivity (Wildman–Crippen MR) is 103 cm³/mol. The molecule has 2 aromatic rings. The second kappa shape index (κ2) is 8.83. The van der Waals surface area contributed by atoms with Gasteiger partial charge in [0, 0.05) is 20.8 Å². The lowest BCUT2D eigenvalue weighted by Crippen LogP contribution is -2.40. The number of fused-ring (bicyclic) bond motifs is 1. The molecule has 162 valence electrons. The number of anilines is 1. The van der Waals surface area contributed by atoms with E-state index in [-0.39, 0.29) is 12.6 Å². The van der Waals surface area contributed by atoms with Gasteiger partial charge in [0.2, 0.25) is 5.95 Å². The molecule has 3 heterocycles. The highest BCUT2D eigenvalue weighted by molar-refractivity contribution is 7.98. The van der Waals surface area contributed by atoms with Crippen molar-refractivity contribution in [3.63, 3.8) is 0 Å². The van der Waals surface area contributed by atoms with Crippen LogP contribution in [0.15, 0.2) is 11.4 Å². The Hall–Kier alpha value is -2.93. The first-order valence-electron chi connectivity index (χ1n) is 8.88. The first-order chi connectivity index (χ1) is 14.2. The van der Waals surface area contributed by atoms with Gasteiger partial charge in [-0.25, -0.2) is 9.97 Å². The lowest BCUT2D eigenvalue weighted by molar-refractivity contribution is -0.166. The number of nitrogens with two attached hydrogens (primary N) is 1. The number of esters is 3. The Bertz CT molecular complexity index is 981. The molecule has 4 atom stereocenters. The van der Waals surface area contributed by atoms with Crippen molar-refractivity contribution in [2.24, 2.45) is 0 Å². The fourth-order valence-electron chi connectivity index (χ4n) is 3.15. The van der Waals surface area contributed by atoms with Crippen molar-refractivity contribution in [2.45, 2.75) is 50.3 Å². The summed E-state index contributed by atoms with van der Waals surface area (Å²) in [5.41, 5.74) is 6.65. The van der Waals surface area contributed by atoms with Gasteiger partial charge in [0.1, 0.15) is 23.3 Å². The first kappa shape index (κ1) is 21.8. The van der Waals surface area contributed by atoms with Crippen molar-refractivity contribution in [1.29, 1.82) is 0 Å². The largest absolute Gasteiger partial charge is 0.463 e. The van der Waals surface area contributed by atoms with E-state index < -0.39 is 42.4 Å². The second-order valence-corrected chi connectivity index (χ2v) is 7.23. The van der Waals surface area contributed by atoms with Crippen LogP contribution in [0.2, 0.25) is 0 Å². The van der Waals surface area contributed by atoms with E-state index in [9.17, 15) is 14.4 Å². The van der Waals surface area contributed by atoms with Gasteiger partial charge in [-0.2, -0.15) is 4.98 Å². The van der Waals surface area contributed by atoms with E-state index in [4.69, 9.17) is 24.7 Å². The Labute approximate surface area is 175 Å². The number of hydrogen-bond acceptors (Lipinski definition) is 12. The minimum absolute atomic E-state index is 0.0311. The van der Waals surface area contributed by atoms with Crippen molar-refractivity contribution < 1.29 is 33.3 Å². The molecule has 30 heavy (non-hydrogen) atoms. The minimum atomic E-state index is -1.04. The molecule has 2 N–H and O–H groups in total. The maximum absolute atomic E-state index is 11.8. The highest BCUT2D eigenvalue weighted by atomic mass is 32.2. The molecular weight excluding hydrogens is 418 g/mol. The van der Waals surface area contributed by atoms with Gasteiger partial charge in [-0.3, -0.25) is 19.0 Å². The maximum Gasteiger partial charge on any atom is 0.303 e. The van der Waals surface area contributed by atoms with E-state index in [1.807, 2.05) is 6.26 Å². The molecule has 1 fully saturated rings. The lowest BCUT2D eigenvalue weighted by Gasteiger charge is -2.23. The number of thioether (sulfide) groups is 1. The van der Waals surface area contributed by atoms with Crippen LogP contribution in [0.1, 0.15) is 27.0 Å². The third-order valence-corrected chi connectivity index (χ3v) is 4.89. The normalized spacial score (nSPS) is 23.3. The van der Waals surface area contributed by atoms with Crippen LogP contribution in [0.4, 0.5) is 5.95 Å². The van der Waals surface area contributed by atoms with Gasteiger partial charge in [0.15, 0.2) is 24.1 Å². The quantitative estimate of drug-likeness (QED) is 0.287. The molecule has 0 aliphatic carbocycles. The molecule has 3 rings (SSSR count). The molecule has 0 radical (unpaired) electrons. The number of carbonyl (C=O) groups excluding carboxylic acids is 3. The van der Waals surface area contributed by atoms with Crippen molar-refractivity contribution in [3.8, 4) is 0 Å². The fraction of sp³-hybridized carbons (Fsp3) is 0.529. The molecule has 1 saturated heterocycles. The molecule has 0 bridgehead atoms. The van der Waals surface area contributed by atoms with Gasteiger partial charge in [-0.1, -0.05) is 0 Å². The van der Waals surface area contributed by atoms with Crippen LogP contribution in [-0.4, -0.2) is 68.6 Å². The maximum atomic E-state index is 11.8. The molecule has 1 aliphatic heterocycles. The molecular formula is C17H21N5O7S. The van der Waals surface area contributed by atoms with Gasteiger partial charge < -0.3 is 24.7 Å². The highest BCUT2D eigenvalue weighted by Gasteiger charge is 2.51. The Morgan fingerprint density at radius 3 is 2.40 bits per heavy atom. The van der Waals surface area contributed by atoms with E-state index in [0.717, 1.165) is 0 Å². The average Bonchev–Trinajstić information content (AvgIpc) is 3.20. The molecule has 0 unspecified atom stereocenters. The molecule has 0 amide bonds. The number of imidazole rings is 1. The third-order valence-electron chi connectivity index (χ3n) is 4.21. The molecule has 2 aromatic heterocycles. The van der Waals surface area contributed by atoms with Gasteiger partial charge in [0.05, 0.1) is 6.33 Å². The van der Waals surface area contributed by atoms with Crippen molar-refractivity contribution in [1.82, 2.24) is 19.5 Å². The molecule has 0 aromatic carbocycles. The van der Waals surface area contributed by atoms with Gasteiger partial charge >= 0.3 is 17.9 Å². The number of nitrogens with zero attached hydrogens (tertiary/aromatic N) is 4. The predicted octanol–water partition coefficient (Wildman–Crippen LogP) is 0.454. The van der Waals surface area contributed by atoms with Crippen LogP contribution in [-0.2, 0) is 33.3 Å². The summed E-state index contributed by atoms with van der Waals surface area (Å²) in [7, 11) is 0. The Morgan fingerprint density at radius 1 is 1.13 bits per heavy atom. The third kappa shape index (κ3) is 4.46. The highest BCUT2D eigenvalue weighted by Crippen LogP contribution is 2.36. The summed E-state index contributed by atoms with van der Waals surface area (Å²) < 4.78 is 23.3. The van der Waals surface area contributed by atoms with Crippen LogP contribution in [0.5, 0.6) is 0 Å². The molecule has 0 saturated carbocycles. The zero-order valence-corrected chi connectivity index (χ0v) is 17.5. The van der Waals surface area contributed by atoms with Crippen LogP contribution >= 0.6 is 11.8 Å². The Kier molecular flexibility index (Phi) is 6.41. The van der Waals surface area contributed by atoms with Crippen molar-refractivity contribution in [3.05, 3.63) is 6.33 Å². The van der Waals surface area contributed by atoms with Crippen molar-refractivity contribution >= 4 is 46.8 Å². The molecule has 13 heteroatoms. The monoisotopic (exact) mass is 439 g/mol. The molecule has 0 spiro atoms. The van der Waals surface area contributed by atoms with Crippen LogP contribution in [0, 0.1) is 0 Å². The van der Waals surface area contributed by atoms with Gasteiger partial charge in [-0.05, 0) is 6.26 Å². The summed E-state index contributed by atoms with van der Waals surface area (Å²) in [4.78, 5) is 47.4. The van der Waals surface area contributed by atoms with Crippen LogP contribution < -0.4 is 5.73 Å². The van der Waals surface area contributed by atoms with E-state index in [0.29, 0.717) is 16.2 Å². The van der Waals surface area contributed by atoms with Crippen molar-refractivity contribution in [2.75, 3.05) is 18.6 Å². The topological polar surface area (TPSA) is 158 Å². The van der Waals surface area contributed by atoms with E-state index in [1.165, 1.54) is 43.4 Å². The summed E-state index contributed by atoms with van der Waals surface area (Å²) >= 11 is 1.34. The Balaban J connectivity index is 2.05. The van der Waals surface area contributed by atoms with Crippen LogP contribution in [0.3, 0.4) is 0 Å². The lowest BCUT2D eigenvalue weighted by atomic mass is 10.1. The smallest absolute Gasteiger partial charge is 0.303 e. The van der Waals surface area contributed by atoms with Gasteiger partial charge in [-0.15, -0.1) is 11.8 Å². The summed E-state index contributed by atoms with van der Waals surface area (Å²) in [5.74, 6) is -1.72. The second-order valence-electron chi connectivity index (χ2n) is 6.43. The summed E-state index contributed by atoms with van der Waals surface area (Å²) in [5, 5.41) is 0.561. The Morgan fingerprint density at radius 2 is 1.80 bits per heavy atom. The SMILES string of the molecule is CSc1nc(N)nc2c1ncn2[C@@H]1O[C@H](COC(C)=O)[C@@H](OC(C)=O)[C@H]1OC(C)=O. The average molecular weight is 439 g/mol. The summed E-state index contributed by atoms with van der Waals surface area (Å²) in [6, 6.07) is 0. The summed E-state index contributed by atoms with van der Waals surface area (Å²) in [6.07, 6.45) is -0.652. The summed E-state index contributed by atoms with van der Waals surface area (Å²) in [6.45, 7) is 3.47. The van der Waals surface area contributed by atoms with Crippen LogP contribution in [0.25, 0.3) is 11.2 Å². The number of carbonyl (C=O) groups is 3. The first-order valence-corrected chi connectivity index (χ1v) is 10.1. The number of aromatic nitrogens is 4. The zero-order chi connectivity index (χ0) is 22.0. The molecule has 12 nitrogen and oxygen atoms in total.